The first-order chi connectivity index (χ1) is 7.27. The smallest absolute Gasteiger partial charge is 0.316 e. The molecule has 5 heteroatoms. The Hall–Kier alpha value is -1.23. The SMILES string of the molecule is CCOC(=NC(=O)c1ccco1)SCC. The number of amides is 1. The molecule has 0 bridgehead atoms. The van der Waals surface area contributed by atoms with E-state index < -0.39 is 5.91 Å². The molecule has 0 aromatic carbocycles. The van der Waals surface area contributed by atoms with Gasteiger partial charge in [-0.05, 0) is 24.8 Å². The Morgan fingerprint density at radius 2 is 2.40 bits per heavy atom. The van der Waals surface area contributed by atoms with Crippen molar-refractivity contribution in [2.45, 2.75) is 13.8 Å². The Morgan fingerprint density at radius 3 is 2.93 bits per heavy atom. The van der Waals surface area contributed by atoms with Gasteiger partial charge in [-0.1, -0.05) is 18.7 Å². The van der Waals surface area contributed by atoms with Crippen LogP contribution in [0, 0.1) is 0 Å². The van der Waals surface area contributed by atoms with Crippen LogP contribution >= 0.6 is 11.8 Å². The van der Waals surface area contributed by atoms with Gasteiger partial charge in [-0.3, -0.25) is 4.79 Å². The van der Waals surface area contributed by atoms with Gasteiger partial charge in [0.05, 0.1) is 12.9 Å². The molecule has 0 aliphatic carbocycles. The Bertz CT molecular complexity index is 324. The van der Waals surface area contributed by atoms with Crippen LogP contribution in [0.3, 0.4) is 0 Å². The largest absolute Gasteiger partial charge is 0.473 e. The van der Waals surface area contributed by atoms with Gasteiger partial charge in [0.1, 0.15) is 0 Å². The molecule has 0 aliphatic heterocycles. The van der Waals surface area contributed by atoms with Crippen molar-refractivity contribution in [2.24, 2.45) is 4.99 Å². The van der Waals surface area contributed by atoms with Crippen LogP contribution in [0.15, 0.2) is 27.8 Å². The molecular weight excluding hydrogens is 214 g/mol. The molecule has 1 aromatic heterocycles. The molecule has 0 saturated carbocycles. The third kappa shape index (κ3) is 3.79. The minimum atomic E-state index is -0.413. The van der Waals surface area contributed by atoms with Crippen LogP contribution in [0.4, 0.5) is 0 Å². The molecule has 1 rings (SSSR count). The fourth-order valence-electron chi connectivity index (χ4n) is 0.891. The Kier molecular flexibility index (Phi) is 4.97. The summed E-state index contributed by atoms with van der Waals surface area (Å²) in [5.41, 5.74) is 0. The molecule has 0 spiro atoms. The van der Waals surface area contributed by atoms with E-state index >= 15 is 0 Å². The number of carbonyl (C=O) groups is 1. The minimum Gasteiger partial charge on any atom is -0.473 e. The van der Waals surface area contributed by atoms with Crippen molar-refractivity contribution in [1.82, 2.24) is 0 Å². The molecule has 1 amide bonds. The molecule has 15 heavy (non-hydrogen) atoms. The van der Waals surface area contributed by atoms with E-state index in [1.165, 1.54) is 18.0 Å². The van der Waals surface area contributed by atoms with Gasteiger partial charge in [-0.2, -0.15) is 4.99 Å². The van der Waals surface area contributed by atoms with Gasteiger partial charge in [-0.15, -0.1) is 0 Å². The van der Waals surface area contributed by atoms with Crippen molar-refractivity contribution in [3.05, 3.63) is 24.2 Å². The van der Waals surface area contributed by atoms with Crippen LogP contribution in [-0.4, -0.2) is 23.5 Å². The van der Waals surface area contributed by atoms with Crippen LogP contribution in [0.25, 0.3) is 0 Å². The number of rotatable bonds is 3. The molecule has 0 atom stereocenters. The zero-order valence-corrected chi connectivity index (χ0v) is 9.54. The number of ether oxygens (including phenoxy) is 1. The molecule has 0 N–H and O–H groups in total. The van der Waals surface area contributed by atoms with E-state index in [9.17, 15) is 4.79 Å². The highest BCUT2D eigenvalue weighted by molar-refractivity contribution is 8.13. The zero-order chi connectivity index (χ0) is 11.1. The highest BCUT2D eigenvalue weighted by Gasteiger charge is 2.09. The van der Waals surface area contributed by atoms with Crippen molar-refractivity contribution in [3.63, 3.8) is 0 Å². The molecule has 0 saturated heterocycles. The first-order valence-electron chi connectivity index (χ1n) is 4.70. The second-order valence-corrected chi connectivity index (χ2v) is 3.74. The van der Waals surface area contributed by atoms with Gasteiger partial charge < -0.3 is 9.15 Å². The average molecular weight is 227 g/mol. The van der Waals surface area contributed by atoms with E-state index in [1.54, 1.807) is 12.1 Å². The summed E-state index contributed by atoms with van der Waals surface area (Å²) in [4.78, 5) is 15.3. The first-order valence-corrected chi connectivity index (χ1v) is 5.68. The lowest BCUT2D eigenvalue weighted by atomic mass is 10.4. The minimum absolute atomic E-state index is 0.226. The molecule has 4 nitrogen and oxygen atoms in total. The van der Waals surface area contributed by atoms with E-state index in [0.29, 0.717) is 11.8 Å². The number of furan rings is 1. The first kappa shape index (κ1) is 11.8. The summed E-state index contributed by atoms with van der Waals surface area (Å²) in [6.45, 7) is 4.32. The maximum Gasteiger partial charge on any atom is 0.316 e. The predicted molar refractivity (Wildman–Crippen MR) is 60.2 cm³/mol. The van der Waals surface area contributed by atoms with E-state index in [2.05, 4.69) is 4.99 Å². The predicted octanol–water partition coefficient (Wildman–Crippen LogP) is 2.57. The third-order valence-corrected chi connectivity index (χ3v) is 2.21. The Labute approximate surface area is 92.7 Å². The molecule has 0 radical (unpaired) electrons. The number of thioether (sulfide) groups is 1. The summed E-state index contributed by atoms with van der Waals surface area (Å²) in [7, 11) is 0. The van der Waals surface area contributed by atoms with E-state index in [1.807, 2.05) is 13.8 Å². The van der Waals surface area contributed by atoms with Crippen LogP contribution in [0.2, 0.25) is 0 Å². The molecular formula is C10H13NO3S. The van der Waals surface area contributed by atoms with Crippen molar-refractivity contribution < 1.29 is 13.9 Å². The van der Waals surface area contributed by atoms with Crippen LogP contribution < -0.4 is 0 Å². The number of hydrogen-bond donors (Lipinski definition) is 0. The molecule has 0 aliphatic rings. The molecule has 82 valence electrons. The monoisotopic (exact) mass is 227 g/mol. The van der Waals surface area contributed by atoms with Crippen molar-refractivity contribution in [3.8, 4) is 0 Å². The van der Waals surface area contributed by atoms with Crippen molar-refractivity contribution in [2.75, 3.05) is 12.4 Å². The molecule has 0 fully saturated rings. The number of nitrogens with zero attached hydrogens (tertiary/aromatic N) is 1. The highest BCUT2D eigenvalue weighted by Crippen LogP contribution is 2.08. The van der Waals surface area contributed by atoms with Crippen molar-refractivity contribution in [1.29, 1.82) is 0 Å². The maximum absolute atomic E-state index is 11.5. The normalized spacial score (nSPS) is 11.5. The topological polar surface area (TPSA) is 51.8 Å². The summed E-state index contributed by atoms with van der Waals surface area (Å²) in [5.74, 6) is 0.623. The lowest BCUT2D eigenvalue weighted by Crippen LogP contribution is -2.04. The molecule has 1 heterocycles. The summed E-state index contributed by atoms with van der Waals surface area (Å²) >= 11 is 1.39. The standard InChI is InChI=1S/C10H13NO3S/c1-3-13-10(15-4-2)11-9(12)8-6-5-7-14-8/h5-7H,3-4H2,1-2H3. The fourth-order valence-corrected chi connectivity index (χ4v) is 1.49. The van der Waals surface area contributed by atoms with Gasteiger partial charge in [0, 0.05) is 0 Å². The van der Waals surface area contributed by atoms with Crippen LogP contribution in [0.1, 0.15) is 24.4 Å². The maximum atomic E-state index is 11.5. The van der Waals surface area contributed by atoms with E-state index in [0.717, 1.165) is 5.75 Å². The van der Waals surface area contributed by atoms with Gasteiger partial charge in [0.25, 0.3) is 5.23 Å². The number of aliphatic imine (C=N–C) groups is 1. The lowest BCUT2D eigenvalue weighted by Gasteiger charge is -2.03. The van der Waals surface area contributed by atoms with Crippen LogP contribution in [-0.2, 0) is 4.74 Å². The van der Waals surface area contributed by atoms with Gasteiger partial charge in [0.2, 0.25) is 0 Å². The summed E-state index contributed by atoms with van der Waals surface area (Å²) in [6, 6.07) is 3.22. The second kappa shape index (κ2) is 6.29. The summed E-state index contributed by atoms with van der Waals surface area (Å²) in [6.07, 6.45) is 1.44. The number of hydrogen-bond acceptors (Lipinski definition) is 4. The van der Waals surface area contributed by atoms with Crippen molar-refractivity contribution >= 4 is 22.9 Å². The van der Waals surface area contributed by atoms with Gasteiger partial charge in [-0.25, -0.2) is 0 Å². The fraction of sp³-hybridized carbons (Fsp3) is 0.400. The quantitative estimate of drug-likeness (QED) is 0.588. The van der Waals surface area contributed by atoms with Gasteiger partial charge in [0.15, 0.2) is 5.76 Å². The Balaban J connectivity index is 2.69. The molecule has 1 aromatic rings. The summed E-state index contributed by atoms with van der Waals surface area (Å²) in [5, 5.41) is 0.390. The van der Waals surface area contributed by atoms with E-state index in [4.69, 9.17) is 9.15 Å². The summed E-state index contributed by atoms with van der Waals surface area (Å²) < 4.78 is 10.1. The average Bonchev–Trinajstić information content (AvgIpc) is 2.71. The second-order valence-electron chi connectivity index (χ2n) is 2.53. The van der Waals surface area contributed by atoms with Gasteiger partial charge >= 0.3 is 5.91 Å². The zero-order valence-electron chi connectivity index (χ0n) is 8.73. The Morgan fingerprint density at radius 1 is 1.60 bits per heavy atom. The molecule has 0 unspecified atom stereocenters. The lowest BCUT2D eigenvalue weighted by molar-refractivity contribution is 0.0974. The van der Waals surface area contributed by atoms with Crippen LogP contribution in [0.5, 0.6) is 0 Å². The highest BCUT2D eigenvalue weighted by atomic mass is 32.2. The number of carbonyl (C=O) groups excluding carboxylic acids is 1. The van der Waals surface area contributed by atoms with E-state index in [-0.39, 0.29) is 5.76 Å². The third-order valence-electron chi connectivity index (χ3n) is 1.46.